The van der Waals surface area contributed by atoms with Crippen LogP contribution < -0.4 is 0 Å². The number of rotatable bonds is 6. The van der Waals surface area contributed by atoms with Crippen molar-refractivity contribution in [1.29, 1.82) is 0 Å². The molecule has 0 bridgehead atoms. The van der Waals surface area contributed by atoms with Gasteiger partial charge in [0.05, 0.1) is 11.3 Å². The molecule has 1 aromatic heterocycles. The zero-order valence-corrected chi connectivity index (χ0v) is 8.54. The summed E-state index contributed by atoms with van der Waals surface area (Å²) >= 11 is 0. The summed E-state index contributed by atoms with van der Waals surface area (Å²) in [6.07, 6.45) is 5.14. The standard InChI is InChI=1S/C10H13N3O2/c1-13(12-15)10(5-3-7-14)9-4-2-6-11-8-9/h2,4,6-8,10H,3,5H2,1H3/t10-/m0/s1. The van der Waals surface area contributed by atoms with Gasteiger partial charge in [0.2, 0.25) is 0 Å². The lowest BCUT2D eigenvalue weighted by atomic mass is 10.0. The molecule has 0 unspecified atom stereocenters. The molecular weight excluding hydrogens is 194 g/mol. The third kappa shape index (κ3) is 3.12. The van der Waals surface area contributed by atoms with Crippen molar-refractivity contribution in [3.63, 3.8) is 0 Å². The van der Waals surface area contributed by atoms with Gasteiger partial charge in [-0.1, -0.05) is 6.07 Å². The average molecular weight is 207 g/mol. The SMILES string of the molecule is CN(N=O)[C@@H](CCC=O)c1cccnc1. The van der Waals surface area contributed by atoms with E-state index in [0.717, 1.165) is 11.8 Å². The van der Waals surface area contributed by atoms with E-state index in [1.807, 2.05) is 6.07 Å². The van der Waals surface area contributed by atoms with E-state index in [0.29, 0.717) is 12.8 Å². The summed E-state index contributed by atoms with van der Waals surface area (Å²) in [5, 5.41) is 4.16. The number of pyridine rings is 1. The molecule has 15 heavy (non-hydrogen) atoms. The molecule has 0 N–H and O–H groups in total. The molecule has 0 fully saturated rings. The second kappa shape index (κ2) is 5.85. The third-order valence-electron chi connectivity index (χ3n) is 2.21. The molecule has 80 valence electrons. The number of hydrogen-bond donors (Lipinski definition) is 0. The van der Waals surface area contributed by atoms with E-state index in [1.165, 1.54) is 5.01 Å². The summed E-state index contributed by atoms with van der Waals surface area (Å²) in [5.41, 5.74) is 0.890. The molecule has 0 amide bonds. The van der Waals surface area contributed by atoms with E-state index < -0.39 is 0 Å². The first-order valence-corrected chi connectivity index (χ1v) is 4.69. The maximum atomic E-state index is 10.4. The van der Waals surface area contributed by atoms with Gasteiger partial charge in [0, 0.05) is 25.9 Å². The molecule has 1 atom stereocenters. The Hall–Kier alpha value is -1.78. The third-order valence-corrected chi connectivity index (χ3v) is 2.21. The largest absolute Gasteiger partial charge is 0.303 e. The molecule has 0 radical (unpaired) electrons. The monoisotopic (exact) mass is 207 g/mol. The van der Waals surface area contributed by atoms with Gasteiger partial charge in [-0.3, -0.25) is 9.99 Å². The van der Waals surface area contributed by atoms with E-state index in [4.69, 9.17) is 0 Å². The summed E-state index contributed by atoms with van der Waals surface area (Å²) in [5.74, 6) is 0. The Morgan fingerprint density at radius 2 is 2.47 bits per heavy atom. The fourth-order valence-electron chi connectivity index (χ4n) is 1.43. The van der Waals surface area contributed by atoms with Crippen molar-refractivity contribution in [3.05, 3.63) is 35.0 Å². The Bertz CT molecular complexity index is 316. The van der Waals surface area contributed by atoms with Gasteiger partial charge in [-0.05, 0) is 18.1 Å². The fourth-order valence-corrected chi connectivity index (χ4v) is 1.43. The number of nitrogens with zero attached hydrogens (tertiary/aromatic N) is 3. The maximum Gasteiger partial charge on any atom is 0.120 e. The molecular formula is C10H13N3O2. The van der Waals surface area contributed by atoms with Crippen LogP contribution in [0.1, 0.15) is 24.4 Å². The normalized spacial score (nSPS) is 11.8. The van der Waals surface area contributed by atoms with Crippen LogP contribution in [-0.2, 0) is 4.79 Å². The highest BCUT2D eigenvalue weighted by Crippen LogP contribution is 2.23. The smallest absolute Gasteiger partial charge is 0.120 e. The van der Waals surface area contributed by atoms with Crippen LogP contribution >= 0.6 is 0 Å². The molecule has 1 heterocycles. The van der Waals surface area contributed by atoms with Crippen LogP contribution in [0, 0.1) is 4.91 Å². The number of aldehydes is 1. The molecule has 1 aromatic rings. The summed E-state index contributed by atoms with van der Waals surface area (Å²) in [6, 6.07) is 3.48. The van der Waals surface area contributed by atoms with Crippen LogP contribution in [0.2, 0.25) is 0 Å². The van der Waals surface area contributed by atoms with Crippen LogP contribution in [-0.4, -0.2) is 23.3 Å². The van der Waals surface area contributed by atoms with Crippen molar-refractivity contribution >= 4 is 6.29 Å². The Labute approximate surface area is 88.1 Å². The number of aromatic nitrogens is 1. The topological polar surface area (TPSA) is 62.6 Å². The lowest BCUT2D eigenvalue weighted by molar-refractivity contribution is -0.108. The lowest BCUT2D eigenvalue weighted by Gasteiger charge is -2.21. The minimum absolute atomic E-state index is 0.179. The lowest BCUT2D eigenvalue weighted by Crippen LogP contribution is -2.18. The maximum absolute atomic E-state index is 10.4. The van der Waals surface area contributed by atoms with Crippen molar-refractivity contribution in [2.75, 3.05) is 7.05 Å². The Morgan fingerprint density at radius 3 is 3.00 bits per heavy atom. The first-order valence-electron chi connectivity index (χ1n) is 4.69. The molecule has 0 spiro atoms. The van der Waals surface area contributed by atoms with E-state index in [-0.39, 0.29) is 6.04 Å². The highest BCUT2D eigenvalue weighted by molar-refractivity contribution is 5.49. The molecule has 0 aliphatic heterocycles. The van der Waals surface area contributed by atoms with Crippen molar-refractivity contribution in [1.82, 2.24) is 9.99 Å². The highest BCUT2D eigenvalue weighted by atomic mass is 16.3. The predicted molar refractivity (Wildman–Crippen MR) is 55.8 cm³/mol. The molecule has 0 saturated carbocycles. The van der Waals surface area contributed by atoms with Crippen LogP contribution in [0.5, 0.6) is 0 Å². The van der Waals surface area contributed by atoms with Crippen LogP contribution in [0.15, 0.2) is 29.8 Å². The Kier molecular flexibility index (Phi) is 4.40. The quantitative estimate of drug-likeness (QED) is 0.404. The second-order valence-corrected chi connectivity index (χ2v) is 3.20. The van der Waals surface area contributed by atoms with Gasteiger partial charge in [0.1, 0.15) is 6.29 Å². The van der Waals surface area contributed by atoms with Crippen molar-refractivity contribution in [2.45, 2.75) is 18.9 Å². The van der Waals surface area contributed by atoms with Gasteiger partial charge in [-0.25, -0.2) is 0 Å². The molecule has 1 rings (SSSR count). The summed E-state index contributed by atoms with van der Waals surface area (Å²) in [6.45, 7) is 0. The number of hydrogen-bond acceptors (Lipinski definition) is 4. The van der Waals surface area contributed by atoms with Crippen molar-refractivity contribution < 1.29 is 4.79 Å². The number of carbonyl (C=O) groups is 1. The summed E-state index contributed by atoms with van der Waals surface area (Å²) < 4.78 is 0. The van der Waals surface area contributed by atoms with E-state index in [2.05, 4.69) is 10.3 Å². The van der Waals surface area contributed by atoms with Crippen LogP contribution in [0.25, 0.3) is 0 Å². The van der Waals surface area contributed by atoms with Crippen molar-refractivity contribution in [2.24, 2.45) is 5.29 Å². The van der Waals surface area contributed by atoms with Crippen molar-refractivity contribution in [3.8, 4) is 0 Å². The molecule has 0 aromatic carbocycles. The van der Waals surface area contributed by atoms with E-state index in [9.17, 15) is 9.70 Å². The number of carbonyl (C=O) groups excluding carboxylic acids is 1. The molecule has 5 heteroatoms. The van der Waals surface area contributed by atoms with Crippen LogP contribution in [0.3, 0.4) is 0 Å². The summed E-state index contributed by atoms with van der Waals surface area (Å²) in [4.78, 5) is 24.7. The first kappa shape index (κ1) is 11.3. The minimum Gasteiger partial charge on any atom is -0.303 e. The van der Waals surface area contributed by atoms with E-state index >= 15 is 0 Å². The van der Waals surface area contributed by atoms with Crippen LogP contribution in [0.4, 0.5) is 0 Å². The zero-order chi connectivity index (χ0) is 11.1. The fraction of sp³-hybridized carbons (Fsp3) is 0.400. The second-order valence-electron chi connectivity index (χ2n) is 3.20. The van der Waals surface area contributed by atoms with Gasteiger partial charge in [-0.15, -0.1) is 4.91 Å². The Balaban J connectivity index is 2.80. The van der Waals surface area contributed by atoms with E-state index in [1.54, 1.807) is 25.5 Å². The first-order chi connectivity index (χ1) is 7.29. The molecule has 0 aliphatic carbocycles. The van der Waals surface area contributed by atoms with Gasteiger partial charge in [0.25, 0.3) is 0 Å². The highest BCUT2D eigenvalue weighted by Gasteiger charge is 2.16. The molecule has 0 saturated heterocycles. The average Bonchev–Trinajstić information content (AvgIpc) is 2.30. The van der Waals surface area contributed by atoms with Gasteiger partial charge < -0.3 is 4.79 Å². The molecule has 0 aliphatic rings. The predicted octanol–water partition coefficient (Wildman–Crippen LogP) is 1.71. The van der Waals surface area contributed by atoms with Gasteiger partial charge in [0.15, 0.2) is 0 Å². The zero-order valence-electron chi connectivity index (χ0n) is 8.54. The molecule has 5 nitrogen and oxygen atoms in total. The Morgan fingerprint density at radius 1 is 1.67 bits per heavy atom. The minimum atomic E-state index is -0.179. The van der Waals surface area contributed by atoms with Gasteiger partial charge in [-0.2, -0.15) is 0 Å². The van der Waals surface area contributed by atoms with Gasteiger partial charge >= 0.3 is 0 Å². The summed E-state index contributed by atoms with van der Waals surface area (Å²) in [7, 11) is 1.59. The number of nitroso groups, excluding NO2 is 1.